The van der Waals surface area contributed by atoms with Crippen LogP contribution in [-0.4, -0.2) is 18.7 Å². The lowest BCUT2D eigenvalue weighted by Gasteiger charge is -2.09. The molecule has 2 rings (SSSR count). The van der Waals surface area contributed by atoms with Gasteiger partial charge in [-0.05, 0) is 36.3 Å². The number of nitrogens with one attached hydrogen (secondary N) is 1. The van der Waals surface area contributed by atoms with Crippen LogP contribution in [0.4, 0.5) is 13.2 Å². The van der Waals surface area contributed by atoms with Crippen LogP contribution in [-0.2, 0) is 11.3 Å². The SMILES string of the molecule is Cc1cccc(/C=C/C(=O)NCc2ccc(OCC(F)(F)F)cc2)c1. The minimum absolute atomic E-state index is 0.131. The highest BCUT2D eigenvalue weighted by molar-refractivity contribution is 5.91. The molecule has 0 atom stereocenters. The van der Waals surface area contributed by atoms with E-state index in [0.29, 0.717) is 0 Å². The van der Waals surface area contributed by atoms with Crippen molar-refractivity contribution in [2.24, 2.45) is 0 Å². The lowest BCUT2D eigenvalue weighted by atomic mass is 10.1. The van der Waals surface area contributed by atoms with E-state index >= 15 is 0 Å². The third-order valence-electron chi connectivity index (χ3n) is 3.26. The van der Waals surface area contributed by atoms with Gasteiger partial charge in [0.15, 0.2) is 6.61 Å². The minimum atomic E-state index is -4.36. The Morgan fingerprint density at radius 3 is 2.52 bits per heavy atom. The Morgan fingerprint density at radius 2 is 1.88 bits per heavy atom. The largest absolute Gasteiger partial charge is 0.484 e. The number of aryl methyl sites for hydroxylation is 1. The van der Waals surface area contributed by atoms with Crippen molar-refractivity contribution in [1.82, 2.24) is 5.32 Å². The fourth-order valence-electron chi connectivity index (χ4n) is 2.06. The van der Waals surface area contributed by atoms with Crippen LogP contribution < -0.4 is 10.1 Å². The first kappa shape index (κ1) is 18.6. The van der Waals surface area contributed by atoms with Crippen LogP contribution in [0, 0.1) is 6.92 Å². The van der Waals surface area contributed by atoms with Crippen LogP contribution >= 0.6 is 0 Å². The van der Waals surface area contributed by atoms with Crippen LogP contribution in [0.15, 0.2) is 54.6 Å². The number of alkyl halides is 3. The van der Waals surface area contributed by atoms with Gasteiger partial charge in [0.05, 0.1) is 0 Å². The van der Waals surface area contributed by atoms with Crippen LogP contribution in [0.5, 0.6) is 5.75 Å². The Bertz CT molecular complexity index is 737. The van der Waals surface area contributed by atoms with Gasteiger partial charge in [-0.1, -0.05) is 42.0 Å². The van der Waals surface area contributed by atoms with Gasteiger partial charge in [-0.25, -0.2) is 0 Å². The summed E-state index contributed by atoms with van der Waals surface area (Å²) in [5.74, 6) is -0.120. The molecule has 25 heavy (non-hydrogen) atoms. The molecule has 0 aliphatic heterocycles. The van der Waals surface area contributed by atoms with Gasteiger partial charge in [-0.15, -0.1) is 0 Å². The smallest absolute Gasteiger partial charge is 0.422 e. The lowest BCUT2D eigenvalue weighted by molar-refractivity contribution is -0.153. The first-order valence-electron chi connectivity index (χ1n) is 7.63. The zero-order valence-electron chi connectivity index (χ0n) is 13.6. The molecule has 1 N–H and O–H groups in total. The number of carbonyl (C=O) groups is 1. The molecule has 0 bridgehead atoms. The summed E-state index contributed by atoms with van der Waals surface area (Å²) in [7, 11) is 0. The number of benzene rings is 2. The molecule has 0 aliphatic carbocycles. The summed E-state index contributed by atoms with van der Waals surface area (Å²) in [6, 6.07) is 13.8. The molecule has 6 heteroatoms. The Balaban J connectivity index is 1.81. The van der Waals surface area contributed by atoms with Crippen molar-refractivity contribution in [2.75, 3.05) is 6.61 Å². The monoisotopic (exact) mass is 349 g/mol. The molecule has 0 saturated heterocycles. The van der Waals surface area contributed by atoms with Gasteiger partial charge in [0, 0.05) is 12.6 Å². The molecule has 0 aromatic heterocycles. The molecule has 0 fully saturated rings. The van der Waals surface area contributed by atoms with Crippen molar-refractivity contribution < 1.29 is 22.7 Å². The highest BCUT2D eigenvalue weighted by atomic mass is 19.4. The van der Waals surface area contributed by atoms with Crippen LogP contribution in [0.2, 0.25) is 0 Å². The first-order chi connectivity index (χ1) is 11.8. The third kappa shape index (κ3) is 7.12. The highest BCUT2D eigenvalue weighted by Crippen LogP contribution is 2.18. The first-order valence-corrected chi connectivity index (χ1v) is 7.63. The van der Waals surface area contributed by atoms with Crippen molar-refractivity contribution >= 4 is 12.0 Å². The number of hydrogen-bond donors (Lipinski definition) is 1. The summed E-state index contributed by atoms with van der Waals surface area (Å²) in [6.07, 6.45) is -1.21. The van der Waals surface area contributed by atoms with E-state index in [2.05, 4.69) is 10.1 Å². The number of amides is 1. The van der Waals surface area contributed by atoms with Crippen molar-refractivity contribution in [3.63, 3.8) is 0 Å². The Hall–Kier alpha value is -2.76. The van der Waals surface area contributed by atoms with Gasteiger partial charge in [0.25, 0.3) is 0 Å². The summed E-state index contributed by atoms with van der Waals surface area (Å²) in [6.45, 7) is 0.920. The van der Waals surface area contributed by atoms with Gasteiger partial charge in [-0.2, -0.15) is 13.2 Å². The molecular formula is C19H18F3NO2. The third-order valence-corrected chi connectivity index (χ3v) is 3.26. The van der Waals surface area contributed by atoms with Gasteiger partial charge in [0.2, 0.25) is 5.91 Å². The quantitative estimate of drug-likeness (QED) is 0.791. The molecule has 0 unspecified atom stereocenters. The van der Waals surface area contributed by atoms with Gasteiger partial charge >= 0.3 is 6.18 Å². The van der Waals surface area contributed by atoms with Crippen LogP contribution in [0.25, 0.3) is 6.08 Å². The van der Waals surface area contributed by atoms with E-state index in [-0.39, 0.29) is 18.2 Å². The molecular weight excluding hydrogens is 331 g/mol. The number of rotatable bonds is 6. The van der Waals surface area contributed by atoms with E-state index < -0.39 is 12.8 Å². The molecule has 0 radical (unpaired) electrons. The standard InChI is InChI=1S/C19H18F3NO2/c1-14-3-2-4-15(11-14)7-10-18(24)23-12-16-5-8-17(9-6-16)25-13-19(20,21)22/h2-11H,12-13H2,1H3,(H,23,24)/b10-7+. The average Bonchev–Trinajstić information content (AvgIpc) is 2.56. The molecule has 132 valence electrons. The molecule has 0 spiro atoms. The summed E-state index contributed by atoms with van der Waals surface area (Å²) in [5.41, 5.74) is 2.80. The molecule has 1 amide bonds. The predicted molar refractivity (Wildman–Crippen MR) is 90.1 cm³/mol. The maximum absolute atomic E-state index is 12.1. The van der Waals surface area contributed by atoms with Crippen molar-refractivity contribution in [1.29, 1.82) is 0 Å². The topological polar surface area (TPSA) is 38.3 Å². The van der Waals surface area contributed by atoms with Crippen LogP contribution in [0.3, 0.4) is 0 Å². The second-order valence-corrected chi connectivity index (χ2v) is 5.51. The number of halogens is 3. The Labute approximate surface area is 144 Å². The summed E-state index contributed by atoms with van der Waals surface area (Å²) < 4.78 is 40.8. The zero-order valence-corrected chi connectivity index (χ0v) is 13.6. The summed E-state index contributed by atoms with van der Waals surface area (Å²) >= 11 is 0. The van der Waals surface area contributed by atoms with E-state index in [4.69, 9.17) is 0 Å². The number of hydrogen-bond acceptors (Lipinski definition) is 2. The van der Waals surface area contributed by atoms with E-state index in [1.807, 2.05) is 31.2 Å². The highest BCUT2D eigenvalue weighted by Gasteiger charge is 2.28. The number of ether oxygens (including phenoxy) is 1. The van der Waals surface area contributed by atoms with Gasteiger partial charge < -0.3 is 10.1 Å². The second kappa shape index (κ2) is 8.37. The summed E-state index contributed by atoms with van der Waals surface area (Å²) in [5, 5.41) is 2.71. The average molecular weight is 349 g/mol. The van der Waals surface area contributed by atoms with Crippen molar-refractivity contribution in [3.05, 3.63) is 71.3 Å². The normalized spacial score (nSPS) is 11.5. The van der Waals surface area contributed by atoms with E-state index in [1.54, 1.807) is 18.2 Å². The van der Waals surface area contributed by atoms with E-state index in [9.17, 15) is 18.0 Å². The molecule has 3 nitrogen and oxygen atoms in total. The molecule has 2 aromatic rings. The maximum atomic E-state index is 12.1. The fourth-order valence-corrected chi connectivity index (χ4v) is 2.06. The van der Waals surface area contributed by atoms with E-state index in [0.717, 1.165) is 16.7 Å². The maximum Gasteiger partial charge on any atom is 0.422 e. The fraction of sp³-hybridized carbons (Fsp3) is 0.211. The lowest BCUT2D eigenvalue weighted by Crippen LogP contribution is -2.20. The zero-order chi connectivity index (χ0) is 18.3. The minimum Gasteiger partial charge on any atom is -0.484 e. The van der Waals surface area contributed by atoms with Crippen LogP contribution in [0.1, 0.15) is 16.7 Å². The Morgan fingerprint density at radius 1 is 1.16 bits per heavy atom. The van der Waals surface area contributed by atoms with Crippen molar-refractivity contribution in [2.45, 2.75) is 19.6 Å². The molecule has 0 aliphatic rings. The van der Waals surface area contributed by atoms with Gasteiger partial charge in [-0.3, -0.25) is 4.79 Å². The molecule has 2 aromatic carbocycles. The molecule has 0 saturated carbocycles. The van der Waals surface area contributed by atoms with Gasteiger partial charge in [0.1, 0.15) is 5.75 Å². The van der Waals surface area contributed by atoms with E-state index in [1.165, 1.54) is 18.2 Å². The van der Waals surface area contributed by atoms with Crippen molar-refractivity contribution in [3.8, 4) is 5.75 Å². The summed E-state index contributed by atoms with van der Waals surface area (Å²) in [4.78, 5) is 11.8. The predicted octanol–water partition coefficient (Wildman–Crippen LogP) is 4.27. The molecule has 0 heterocycles. The Kier molecular flexibility index (Phi) is 6.22. The number of carbonyl (C=O) groups excluding carboxylic acids is 1. The second-order valence-electron chi connectivity index (χ2n) is 5.51.